The maximum Gasteiger partial charge on any atom is 0.305 e. The minimum Gasteiger partial charge on any atom is -0.469 e. The van der Waals surface area contributed by atoms with Crippen molar-refractivity contribution < 1.29 is 24.3 Å². The van der Waals surface area contributed by atoms with Crippen molar-refractivity contribution in [3.8, 4) is 0 Å². The van der Waals surface area contributed by atoms with E-state index in [9.17, 15) is 14.8 Å². The van der Waals surface area contributed by atoms with Crippen LogP contribution in [0.15, 0.2) is 5.16 Å². The van der Waals surface area contributed by atoms with E-state index in [0.717, 1.165) is 37.8 Å². The number of nitrogens with zero attached hydrogens (tertiary/aromatic N) is 1. The van der Waals surface area contributed by atoms with Crippen LogP contribution in [-0.2, 0) is 19.1 Å². The van der Waals surface area contributed by atoms with Gasteiger partial charge in [0, 0.05) is 19.3 Å². The molecule has 0 aliphatic heterocycles. The van der Waals surface area contributed by atoms with Gasteiger partial charge in [-0.05, 0) is 98.2 Å². The standard InChI is InChI=1S/C27H43NO5/c1-16(6-9-24(30)32-5)20-7-8-21-25-22(11-13-27(20,21)4)26(3)12-10-19(33-17(2)29)14-18(26)15-23(25)28-31/h16,18-22,25,31H,6-15H2,1-5H3/b28-23-/t16-,18+,19-,20-,21+,22+,25+,26+,27-/m1/s1. The van der Waals surface area contributed by atoms with E-state index in [2.05, 4.69) is 25.9 Å². The smallest absolute Gasteiger partial charge is 0.305 e. The fraction of sp³-hybridized carbons (Fsp3) is 0.889. The molecule has 4 aliphatic carbocycles. The van der Waals surface area contributed by atoms with Gasteiger partial charge >= 0.3 is 11.9 Å². The van der Waals surface area contributed by atoms with Gasteiger partial charge in [-0.15, -0.1) is 0 Å². The first kappa shape index (κ1) is 24.5. The van der Waals surface area contributed by atoms with Crippen molar-refractivity contribution in [3.63, 3.8) is 0 Å². The molecule has 0 aromatic rings. The maximum absolute atomic E-state index is 11.7. The zero-order valence-corrected chi connectivity index (χ0v) is 21.1. The van der Waals surface area contributed by atoms with Crippen LogP contribution in [0.3, 0.4) is 0 Å². The molecule has 0 heterocycles. The molecule has 33 heavy (non-hydrogen) atoms. The average Bonchev–Trinajstić information content (AvgIpc) is 3.13. The first-order valence-corrected chi connectivity index (χ1v) is 13.1. The van der Waals surface area contributed by atoms with Gasteiger partial charge in [0.2, 0.25) is 0 Å². The third-order valence-corrected chi connectivity index (χ3v) is 10.7. The van der Waals surface area contributed by atoms with E-state index in [-0.39, 0.29) is 28.9 Å². The van der Waals surface area contributed by atoms with Gasteiger partial charge in [-0.3, -0.25) is 9.59 Å². The van der Waals surface area contributed by atoms with Crippen molar-refractivity contribution in [2.45, 2.75) is 98.0 Å². The number of rotatable bonds is 5. The summed E-state index contributed by atoms with van der Waals surface area (Å²) in [6.45, 7) is 8.74. The predicted octanol–water partition coefficient (Wildman–Crippen LogP) is 5.61. The molecule has 6 nitrogen and oxygen atoms in total. The largest absolute Gasteiger partial charge is 0.469 e. The Hall–Kier alpha value is -1.59. The molecule has 0 unspecified atom stereocenters. The molecule has 0 aromatic heterocycles. The second kappa shape index (κ2) is 9.22. The van der Waals surface area contributed by atoms with Crippen LogP contribution in [0.25, 0.3) is 0 Å². The van der Waals surface area contributed by atoms with Gasteiger partial charge in [0.25, 0.3) is 0 Å². The Balaban J connectivity index is 1.54. The van der Waals surface area contributed by atoms with Crippen molar-refractivity contribution in [1.29, 1.82) is 0 Å². The summed E-state index contributed by atoms with van der Waals surface area (Å²) in [6, 6.07) is 0. The third-order valence-electron chi connectivity index (χ3n) is 10.7. The van der Waals surface area contributed by atoms with Crippen LogP contribution in [0.5, 0.6) is 0 Å². The van der Waals surface area contributed by atoms with Gasteiger partial charge in [0.1, 0.15) is 6.10 Å². The van der Waals surface area contributed by atoms with Gasteiger partial charge < -0.3 is 14.7 Å². The Morgan fingerprint density at radius 3 is 2.48 bits per heavy atom. The highest BCUT2D eigenvalue weighted by molar-refractivity contribution is 5.88. The molecule has 0 aromatic carbocycles. The van der Waals surface area contributed by atoms with Gasteiger partial charge in [-0.1, -0.05) is 25.9 Å². The maximum atomic E-state index is 11.7. The molecule has 0 saturated heterocycles. The lowest BCUT2D eigenvalue weighted by Crippen LogP contribution is -2.57. The summed E-state index contributed by atoms with van der Waals surface area (Å²) in [6.07, 6.45) is 9.85. The van der Waals surface area contributed by atoms with Crippen molar-refractivity contribution in [3.05, 3.63) is 0 Å². The van der Waals surface area contributed by atoms with Crippen molar-refractivity contribution in [2.24, 2.45) is 51.5 Å². The van der Waals surface area contributed by atoms with E-state index in [1.807, 2.05) is 0 Å². The normalized spacial score (nSPS) is 44.3. The van der Waals surface area contributed by atoms with E-state index in [1.165, 1.54) is 39.7 Å². The molecule has 6 heteroatoms. The Morgan fingerprint density at radius 2 is 1.82 bits per heavy atom. The number of oxime groups is 1. The highest BCUT2D eigenvalue weighted by Gasteiger charge is 2.62. The second-order valence-corrected chi connectivity index (χ2v) is 12.1. The molecule has 0 radical (unpaired) electrons. The molecule has 0 spiro atoms. The quantitative estimate of drug-likeness (QED) is 0.327. The van der Waals surface area contributed by atoms with Crippen LogP contribution in [0.4, 0.5) is 0 Å². The SMILES string of the molecule is COC(=O)CC[C@@H](C)[C@H]1CC[C@H]2[C@@H]3/C(=N\O)C[C@@H]4C[C@H](OC(C)=O)CC[C@]4(C)[C@H]3CC[C@]12C. The summed E-state index contributed by atoms with van der Waals surface area (Å²) < 4.78 is 10.5. The van der Waals surface area contributed by atoms with E-state index < -0.39 is 0 Å². The number of hydrogen-bond acceptors (Lipinski definition) is 6. The van der Waals surface area contributed by atoms with Crippen molar-refractivity contribution in [2.75, 3.05) is 7.11 Å². The molecule has 4 rings (SSSR count). The van der Waals surface area contributed by atoms with Crippen LogP contribution < -0.4 is 0 Å². The molecule has 1 N–H and O–H groups in total. The average molecular weight is 462 g/mol. The number of ether oxygens (including phenoxy) is 2. The van der Waals surface area contributed by atoms with Crippen molar-refractivity contribution in [1.82, 2.24) is 0 Å². The highest BCUT2D eigenvalue weighted by atomic mass is 16.5. The topological polar surface area (TPSA) is 85.2 Å². The Kier molecular flexibility index (Phi) is 6.85. The molecule has 186 valence electrons. The Bertz CT molecular complexity index is 795. The van der Waals surface area contributed by atoms with Gasteiger partial charge in [-0.25, -0.2) is 0 Å². The van der Waals surface area contributed by atoms with Gasteiger partial charge in [0.05, 0.1) is 12.8 Å². The third kappa shape index (κ3) is 4.20. The fourth-order valence-electron chi connectivity index (χ4n) is 8.99. The zero-order chi connectivity index (χ0) is 24.0. The fourth-order valence-corrected chi connectivity index (χ4v) is 8.99. The molecule has 0 bridgehead atoms. The number of fused-ring (bicyclic) bond motifs is 5. The van der Waals surface area contributed by atoms with Crippen LogP contribution in [0.1, 0.15) is 91.9 Å². The highest BCUT2D eigenvalue weighted by Crippen LogP contribution is 2.67. The lowest BCUT2D eigenvalue weighted by Gasteiger charge is -2.61. The first-order chi connectivity index (χ1) is 15.6. The van der Waals surface area contributed by atoms with E-state index in [1.54, 1.807) is 0 Å². The van der Waals surface area contributed by atoms with Crippen LogP contribution >= 0.6 is 0 Å². The van der Waals surface area contributed by atoms with Gasteiger partial charge in [-0.2, -0.15) is 0 Å². The Labute approximate surface area is 198 Å². The summed E-state index contributed by atoms with van der Waals surface area (Å²) in [5.74, 6) is 2.59. The number of hydrogen-bond donors (Lipinski definition) is 1. The summed E-state index contributed by atoms with van der Waals surface area (Å²) in [7, 11) is 1.47. The first-order valence-electron chi connectivity index (χ1n) is 13.1. The van der Waals surface area contributed by atoms with E-state index >= 15 is 0 Å². The second-order valence-electron chi connectivity index (χ2n) is 12.1. The van der Waals surface area contributed by atoms with Crippen LogP contribution in [0.2, 0.25) is 0 Å². The molecule has 4 saturated carbocycles. The number of carbonyl (C=O) groups excluding carboxylic acids is 2. The van der Waals surface area contributed by atoms with Crippen LogP contribution in [-0.4, -0.2) is 36.1 Å². The molecule has 4 aliphatic rings. The van der Waals surface area contributed by atoms with Gasteiger partial charge in [0.15, 0.2) is 0 Å². The summed E-state index contributed by atoms with van der Waals surface area (Å²) in [5, 5.41) is 14.0. The van der Waals surface area contributed by atoms with Crippen LogP contribution in [0, 0.1) is 46.3 Å². The monoisotopic (exact) mass is 461 g/mol. The molecule has 9 atom stereocenters. The van der Waals surface area contributed by atoms with E-state index in [4.69, 9.17) is 9.47 Å². The Morgan fingerprint density at radius 1 is 1.12 bits per heavy atom. The molecular formula is C27H43NO5. The van der Waals surface area contributed by atoms with Crippen molar-refractivity contribution >= 4 is 17.7 Å². The minimum absolute atomic E-state index is 0.00237. The lowest BCUT2D eigenvalue weighted by atomic mass is 9.44. The number of methoxy groups -OCH3 is 1. The molecule has 4 fully saturated rings. The number of carbonyl (C=O) groups is 2. The molecule has 0 amide bonds. The lowest BCUT2D eigenvalue weighted by molar-refractivity contribution is -0.154. The molecular weight excluding hydrogens is 418 g/mol. The number of esters is 2. The zero-order valence-electron chi connectivity index (χ0n) is 21.1. The minimum atomic E-state index is -0.194. The summed E-state index contributed by atoms with van der Waals surface area (Å²) in [4.78, 5) is 23.3. The van der Waals surface area contributed by atoms with E-state index in [0.29, 0.717) is 41.9 Å². The summed E-state index contributed by atoms with van der Waals surface area (Å²) in [5.41, 5.74) is 1.43. The summed E-state index contributed by atoms with van der Waals surface area (Å²) >= 11 is 0. The predicted molar refractivity (Wildman–Crippen MR) is 126 cm³/mol.